The van der Waals surface area contributed by atoms with E-state index in [2.05, 4.69) is 10.6 Å². The molecule has 1 heterocycles. The molecule has 7 nitrogen and oxygen atoms in total. The zero-order chi connectivity index (χ0) is 16.1. The third-order valence-electron chi connectivity index (χ3n) is 3.64. The summed E-state index contributed by atoms with van der Waals surface area (Å²) in [6, 6.07) is 3.78. The molecule has 0 spiro atoms. The van der Waals surface area contributed by atoms with Gasteiger partial charge in [0.05, 0.1) is 12.0 Å². The second-order valence-electron chi connectivity index (χ2n) is 5.20. The molecular weight excluding hydrogens is 288 g/mol. The van der Waals surface area contributed by atoms with Crippen molar-refractivity contribution in [2.75, 3.05) is 6.79 Å². The van der Waals surface area contributed by atoms with Crippen LogP contribution in [0.25, 0.3) is 0 Å². The fourth-order valence-electron chi connectivity index (χ4n) is 2.09. The number of carbonyl (C=O) groups excluding carboxylic acids is 2. The molecule has 2 rings (SSSR count). The van der Waals surface area contributed by atoms with Crippen LogP contribution >= 0.6 is 0 Å². The number of urea groups is 1. The van der Waals surface area contributed by atoms with Crippen LogP contribution in [0.3, 0.4) is 0 Å². The van der Waals surface area contributed by atoms with Gasteiger partial charge >= 0.3 is 6.03 Å². The molecule has 0 aliphatic carbocycles. The summed E-state index contributed by atoms with van der Waals surface area (Å²) in [7, 11) is 0. The Morgan fingerprint density at radius 1 is 1.32 bits per heavy atom. The first-order valence-electron chi connectivity index (χ1n) is 7.15. The standard InChI is InChI=1S/C15H20N2O5/c1-3-9(2)13(14(18)19)17-15(20)16-7-10-4-5-11-12(6-10)22-8-21-11/h4-6,9,13H,3,7-8H2,1-2H3,(H,18,19)(H2,16,17,20)/p-1/t9-,13+/m1/s1. The summed E-state index contributed by atoms with van der Waals surface area (Å²) in [5.74, 6) is -0.192. The molecule has 2 atom stereocenters. The SMILES string of the molecule is CC[C@@H](C)[C@H](NC(=O)NCc1ccc2c(c1)OCO2)C(=O)[O-]. The molecule has 0 bridgehead atoms. The van der Waals surface area contributed by atoms with Gasteiger partial charge in [-0.1, -0.05) is 26.3 Å². The van der Waals surface area contributed by atoms with Crippen LogP contribution in [-0.4, -0.2) is 24.8 Å². The van der Waals surface area contributed by atoms with Crippen LogP contribution in [0.5, 0.6) is 11.5 Å². The van der Waals surface area contributed by atoms with E-state index in [1.54, 1.807) is 25.1 Å². The van der Waals surface area contributed by atoms with Gasteiger partial charge in [-0.25, -0.2) is 4.79 Å². The lowest BCUT2D eigenvalue weighted by molar-refractivity contribution is -0.309. The molecule has 7 heteroatoms. The van der Waals surface area contributed by atoms with Crippen LogP contribution in [0.15, 0.2) is 18.2 Å². The lowest BCUT2D eigenvalue weighted by Crippen LogP contribution is -2.53. The van der Waals surface area contributed by atoms with Crippen molar-refractivity contribution in [2.24, 2.45) is 5.92 Å². The topological polar surface area (TPSA) is 99.7 Å². The molecule has 22 heavy (non-hydrogen) atoms. The minimum Gasteiger partial charge on any atom is -0.548 e. The minimum atomic E-state index is -1.28. The van der Waals surface area contributed by atoms with Crippen LogP contribution in [0.2, 0.25) is 0 Å². The number of nitrogens with one attached hydrogen (secondary N) is 2. The second kappa shape index (κ2) is 7.02. The summed E-state index contributed by atoms with van der Waals surface area (Å²) in [5.41, 5.74) is 0.827. The zero-order valence-corrected chi connectivity index (χ0v) is 12.5. The molecule has 2 N–H and O–H groups in total. The van der Waals surface area contributed by atoms with E-state index >= 15 is 0 Å². The van der Waals surface area contributed by atoms with Crippen molar-refractivity contribution in [3.8, 4) is 11.5 Å². The van der Waals surface area contributed by atoms with Crippen molar-refractivity contribution in [2.45, 2.75) is 32.9 Å². The van der Waals surface area contributed by atoms with Crippen molar-refractivity contribution in [1.29, 1.82) is 0 Å². The molecule has 0 unspecified atom stereocenters. The van der Waals surface area contributed by atoms with E-state index in [4.69, 9.17) is 9.47 Å². The van der Waals surface area contributed by atoms with Crippen LogP contribution in [0, 0.1) is 5.92 Å². The average molecular weight is 307 g/mol. The Morgan fingerprint density at radius 2 is 2.05 bits per heavy atom. The van der Waals surface area contributed by atoms with Crippen molar-refractivity contribution < 1.29 is 24.2 Å². The van der Waals surface area contributed by atoms with Gasteiger partial charge in [0.25, 0.3) is 0 Å². The normalized spacial score (nSPS) is 15.0. The summed E-state index contributed by atoms with van der Waals surface area (Å²) >= 11 is 0. The van der Waals surface area contributed by atoms with Gasteiger partial charge in [-0.3, -0.25) is 0 Å². The van der Waals surface area contributed by atoms with Crippen LogP contribution in [0.1, 0.15) is 25.8 Å². The van der Waals surface area contributed by atoms with E-state index in [1.807, 2.05) is 6.92 Å². The number of rotatable bonds is 6. The molecule has 1 aliphatic rings. The maximum atomic E-state index is 11.8. The number of benzene rings is 1. The van der Waals surface area contributed by atoms with Gasteiger partial charge in [0.15, 0.2) is 11.5 Å². The molecule has 2 amide bonds. The highest BCUT2D eigenvalue weighted by Crippen LogP contribution is 2.32. The van der Waals surface area contributed by atoms with E-state index in [9.17, 15) is 14.7 Å². The number of ether oxygens (including phenoxy) is 2. The number of carbonyl (C=O) groups is 2. The Labute approximate surface area is 128 Å². The van der Waals surface area contributed by atoms with Crippen molar-refractivity contribution >= 4 is 12.0 Å². The number of carboxylic acid groups (broad SMARTS) is 1. The van der Waals surface area contributed by atoms with E-state index in [0.29, 0.717) is 17.9 Å². The maximum Gasteiger partial charge on any atom is 0.315 e. The average Bonchev–Trinajstić information content (AvgIpc) is 2.97. The lowest BCUT2D eigenvalue weighted by Gasteiger charge is -2.25. The highest BCUT2D eigenvalue weighted by Gasteiger charge is 2.19. The van der Waals surface area contributed by atoms with Gasteiger partial charge in [0.2, 0.25) is 6.79 Å². The molecule has 1 aliphatic heterocycles. The van der Waals surface area contributed by atoms with E-state index in [1.165, 1.54) is 0 Å². The summed E-state index contributed by atoms with van der Waals surface area (Å²) in [6.07, 6.45) is 0.626. The molecule has 0 saturated heterocycles. The number of carboxylic acids is 1. The Hall–Kier alpha value is -2.44. The van der Waals surface area contributed by atoms with E-state index < -0.39 is 18.0 Å². The van der Waals surface area contributed by atoms with Gasteiger partial charge in [0.1, 0.15) is 0 Å². The molecule has 120 valence electrons. The monoisotopic (exact) mass is 307 g/mol. The predicted molar refractivity (Wildman–Crippen MR) is 76.2 cm³/mol. The third-order valence-corrected chi connectivity index (χ3v) is 3.64. The number of hydrogen-bond acceptors (Lipinski definition) is 5. The molecular formula is C15H19N2O5-. The fraction of sp³-hybridized carbons (Fsp3) is 0.467. The predicted octanol–water partition coefficient (Wildman–Crippen LogP) is 0.379. The number of hydrogen-bond donors (Lipinski definition) is 2. The Bertz CT molecular complexity index is 561. The summed E-state index contributed by atoms with van der Waals surface area (Å²) in [5, 5.41) is 16.1. The zero-order valence-electron chi connectivity index (χ0n) is 12.5. The summed E-state index contributed by atoms with van der Waals surface area (Å²) < 4.78 is 10.5. The molecule has 0 fully saturated rings. The number of fused-ring (bicyclic) bond motifs is 1. The van der Waals surface area contributed by atoms with Crippen molar-refractivity contribution in [3.05, 3.63) is 23.8 Å². The second-order valence-corrected chi connectivity index (χ2v) is 5.20. The molecule has 1 aromatic carbocycles. The highest BCUT2D eigenvalue weighted by molar-refractivity contribution is 5.81. The van der Waals surface area contributed by atoms with Crippen LogP contribution in [0.4, 0.5) is 4.79 Å². The van der Waals surface area contributed by atoms with Gasteiger partial charge in [0, 0.05) is 6.54 Å². The first kappa shape index (κ1) is 15.9. The third kappa shape index (κ3) is 3.81. The molecule has 0 saturated carbocycles. The molecule has 0 aromatic heterocycles. The smallest absolute Gasteiger partial charge is 0.315 e. The van der Waals surface area contributed by atoms with Crippen LogP contribution < -0.4 is 25.2 Å². The van der Waals surface area contributed by atoms with E-state index in [-0.39, 0.29) is 19.3 Å². The minimum absolute atomic E-state index is 0.189. The molecule has 1 aromatic rings. The Morgan fingerprint density at radius 3 is 2.73 bits per heavy atom. The van der Waals surface area contributed by atoms with Gasteiger partial charge in [-0.2, -0.15) is 0 Å². The fourth-order valence-corrected chi connectivity index (χ4v) is 2.09. The van der Waals surface area contributed by atoms with Gasteiger partial charge < -0.3 is 30.0 Å². The highest BCUT2D eigenvalue weighted by atomic mass is 16.7. The summed E-state index contributed by atoms with van der Waals surface area (Å²) in [4.78, 5) is 22.9. The first-order valence-corrected chi connectivity index (χ1v) is 7.15. The van der Waals surface area contributed by atoms with Gasteiger partial charge in [-0.15, -0.1) is 0 Å². The lowest BCUT2D eigenvalue weighted by atomic mass is 9.99. The summed E-state index contributed by atoms with van der Waals surface area (Å²) in [6.45, 7) is 4.04. The largest absolute Gasteiger partial charge is 0.548 e. The van der Waals surface area contributed by atoms with Crippen molar-refractivity contribution in [1.82, 2.24) is 10.6 Å². The first-order chi connectivity index (χ1) is 10.5. The molecule has 0 radical (unpaired) electrons. The van der Waals surface area contributed by atoms with Gasteiger partial charge in [-0.05, 0) is 23.6 Å². The number of amides is 2. The Kier molecular flexibility index (Phi) is 5.08. The number of aliphatic carboxylic acids is 1. The quantitative estimate of drug-likeness (QED) is 0.791. The maximum absolute atomic E-state index is 11.8. The Balaban J connectivity index is 1.88. The van der Waals surface area contributed by atoms with E-state index in [0.717, 1.165) is 5.56 Å². The van der Waals surface area contributed by atoms with Crippen molar-refractivity contribution in [3.63, 3.8) is 0 Å². The van der Waals surface area contributed by atoms with Crippen LogP contribution in [-0.2, 0) is 11.3 Å².